The summed E-state index contributed by atoms with van der Waals surface area (Å²) in [5.41, 5.74) is 0.377. The molecule has 0 aliphatic carbocycles. The minimum Gasteiger partial charge on any atom is -0.366 e. The van der Waals surface area contributed by atoms with Gasteiger partial charge in [-0.1, -0.05) is 6.92 Å². The van der Waals surface area contributed by atoms with Crippen LogP contribution in [0.5, 0.6) is 0 Å². The van der Waals surface area contributed by atoms with Crippen LogP contribution in [-0.2, 0) is 4.74 Å². The molecule has 0 amide bonds. The fourth-order valence-electron chi connectivity index (χ4n) is 1.55. The van der Waals surface area contributed by atoms with Gasteiger partial charge in [-0.05, 0) is 32.1 Å². The Morgan fingerprint density at radius 1 is 1.58 bits per heavy atom. The van der Waals surface area contributed by atoms with Crippen molar-refractivity contribution in [2.45, 2.75) is 38.2 Å². The first-order chi connectivity index (χ1) is 5.88. The third kappa shape index (κ3) is 2.96. The zero-order valence-corrected chi connectivity index (χ0v) is 8.82. The molecule has 2 unspecified atom stereocenters. The van der Waals surface area contributed by atoms with E-state index in [-0.39, 0.29) is 0 Å². The summed E-state index contributed by atoms with van der Waals surface area (Å²) in [7, 11) is 0. The zero-order valence-electron chi connectivity index (χ0n) is 8.01. The van der Waals surface area contributed by atoms with Gasteiger partial charge in [0.25, 0.3) is 0 Å². The molecule has 2 nitrogen and oxygen atoms in total. The normalized spacial score (nSPS) is 26.0. The fourth-order valence-corrected chi connectivity index (χ4v) is 2.58. The first-order valence-corrected chi connectivity index (χ1v) is 5.90. The number of hydrogen-bond acceptors (Lipinski definition) is 3. The minimum atomic E-state index is 0.377. The number of ether oxygens (including phenoxy) is 1. The van der Waals surface area contributed by atoms with Gasteiger partial charge in [0.2, 0.25) is 0 Å². The van der Waals surface area contributed by atoms with Crippen molar-refractivity contribution in [3.8, 4) is 0 Å². The van der Waals surface area contributed by atoms with E-state index in [4.69, 9.17) is 4.74 Å². The Morgan fingerprint density at radius 2 is 2.42 bits per heavy atom. The van der Waals surface area contributed by atoms with Crippen LogP contribution in [0.3, 0.4) is 0 Å². The van der Waals surface area contributed by atoms with Crippen molar-refractivity contribution >= 4 is 11.8 Å². The maximum absolute atomic E-state index is 5.67. The number of rotatable bonds is 5. The number of hydrogen-bond donors (Lipinski definition) is 1. The second-order valence-corrected chi connectivity index (χ2v) is 4.36. The smallest absolute Gasteiger partial charge is 0.118 e. The molecule has 1 N–H and O–H groups in total. The summed E-state index contributed by atoms with van der Waals surface area (Å²) in [4.78, 5) is 0. The lowest BCUT2D eigenvalue weighted by atomic mass is 10.2. The van der Waals surface area contributed by atoms with E-state index in [1.54, 1.807) is 0 Å². The summed E-state index contributed by atoms with van der Waals surface area (Å²) < 4.78 is 5.67. The van der Waals surface area contributed by atoms with E-state index in [1.807, 2.05) is 11.8 Å². The van der Waals surface area contributed by atoms with Gasteiger partial charge in [0.15, 0.2) is 0 Å². The Balaban J connectivity index is 2.29. The van der Waals surface area contributed by atoms with E-state index in [0.29, 0.717) is 11.5 Å². The van der Waals surface area contributed by atoms with Gasteiger partial charge in [-0.2, -0.15) is 0 Å². The van der Waals surface area contributed by atoms with E-state index < -0.39 is 0 Å². The van der Waals surface area contributed by atoms with Crippen LogP contribution in [0.1, 0.15) is 26.7 Å². The largest absolute Gasteiger partial charge is 0.366 e. The van der Waals surface area contributed by atoms with Crippen LogP contribution in [0.15, 0.2) is 0 Å². The van der Waals surface area contributed by atoms with Gasteiger partial charge >= 0.3 is 0 Å². The molecule has 72 valence electrons. The quantitative estimate of drug-likeness (QED) is 0.667. The molecule has 3 heteroatoms. The monoisotopic (exact) mass is 189 g/mol. The van der Waals surface area contributed by atoms with E-state index in [1.165, 1.54) is 19.4 Å². The average molecular weight is 189 g/mol. The fraction of sp³-hybridized carbons (Fsp3) is 1.00. The summed E-state index contributed by atoms with van der Waals surface area (Å²) in [5, 5.41) is 3.48. The van der Waals surface area contributed by atoms with Gasteiger partial charge in [-0.25, -0.2) is 0 Å². The molecule has 0 aromatic rings. The van der Waals surface area contributed by atoms with Crippen LogP contribution in [-0.4, -0.2) is 30.4 Å². The molecule has 1 fully saturated rings. The first-order valence-electron chi connectivity index (χ1n) is 4.85. The Kier molecular flexibility index (Phi) is 5.04. The number of nitrogens with one attached hydrogen (secondary N) is 1. The molecule has 0 bridgehead atoms. The predicted molar refractivity (Wildman–Crippen MR) is 54.6 cm³/mol. The van der Waals surface area contributed by atoms with Crippen LogP contribution >= 0.6 is 11.8 Å². The molecule has 1 heterocycles. The van der Waals surface area contributed by atoms with Crippen LogP contribution in [0, 0.1) is 0 Å². The Labute approximate surface area is 79.4 Å². The van der Waals surface area contributed by atoms with Crippen LogP contribution < -0.4 is 5.32 Å². The molecule has 1 aliphatic heterocycles. The summed E-state index contributed by atoms with van der Waals surface area (Å²) in [6.07, 6.45) is 2.58. The first kappa shape index (κ1) is 10.4. The molecule has 1 aliphatic rings. The lowest BCUT2D eigenvalue weighted by Crippen LogP contribution is -2.34. The van der Waals surface area contributed by atoms with Crippen LogP contribution in [0.2, 0.25) is 0 Å². The average Bonchev–Trinajstić information content (AvgIpc) is 2.56. The molecule has 0 saturated carbocycles. The lowest BCUT2D eigenvalue weighted by molar-refractivity contribution is 0.102. The molecular formula is C9H19NOS. The predicted octanol–water partition coefficient (Wildman–Crippen LogP) is 1.85. The van der Waals surface area contributed by atoms with Gasteiger partial charge in [-0.15, -0.1) is 11.8 Å². The molecule has 12 heavy (non-hydrogen) atoms. The Hall–Kier alpha value is 0.270. The third-order valence-electron chi connectivity index (χ3n) is 2.09. The topological polar surface area (TPSA) is 21.3 Å². The summed E-state index contributed by atoms with van der Waals surface area (Å²) in [6, 6.07) is 0.592. The van der Waals surface area contributed by atoms with Crippen molar-refractivity contribution in [2.24, 2.45) is 0 Å². The minimum absolute atomic E-state index is 0.377. The highest BCUT2D eigenvalue weighted by Gasteiger charge is 2.24. The molecule has 0 aromatic carbocycles. The van der Waals surface area contributed by atoms with Crippen molar-refractivity contribution in [2.75, 3.05) is 18.9 Å². The standard InChI is InChI=1S/C9H19NOS/c1-3-11-9(12-4-2)8-6-5-7-10-8/h8-10H,3-7H2,1-2H3. The van der Waals surface area contributed by atoms with Crippen molar-refractivity contribution < 1.29 is 4.74 Å². The van der Waals surface area contributed by atoms with Crippen molar-refractivity contribution in [1.29, 1.82) is 0 Å². The summed E-state index contributed by atoms with van der Waals surface area (Å²) in [6.45, 7) is 6.25. The highest BCUT2D eigenvalue weighted by Crippen LogP contribution is 2.21. The van der Waals surface area contributed by atoms with Gasteiger partial charge in [-0.3, -0.25) is 0 Å². The second-order valence-electron chi connectivity index (χ2n) is 2.98. The van der Waals surface area contributed by atoms with Crippen molar-refractivity contribution in [1.82, 2.24) is 5.32 Å². The molecule has 0 aromatic heterocycles. The second kappa shape index (κ2) is 5.84. The molecular weight excluding hydrogens is 170 g/mol. The lowest BCUT2D eigenvalue weighted by Gasteiger charge is -2.22. The summed E-state index contributed by atoms with van der Waals surface area (Å²) >= 11 is 1.91. The highest BCUT2D eigenvalue weighted by molar-refractivity contribution is 7.99. The highest BCUT2D eigenvalue weighted by atomic mass is 32.2. The van der Waals surface area contributed by atoms with Crippen molar-refractivity contribution in [3.63, 3.8) is 0 Å². The molecule has 0 spiro atoms. The van der Waals surface area contributed by atoms with E-state index in [9.17, 15) is 0 Å². The van der Waals surface area contributed by atoms with Crippen molar-refractivity contribution in [3.05, 3.63) is 0 Å². The molecule has 0 radical (unpaired) electrons. The van der Waals surface area contributed by atoms with E-state index in [2.05, 4.69) is 19.2 Å². The van der Waals surface area contributed by atoms with Crippen LogP contribution in [0.4, 0.5) is 0 Å². The number of thioether (sulfide) groups is 1. The van der Waals surface area contributed by atoms with Gasteiger partial charge in [0, 0.05) is 12.6 Å². The van der Waals surface area contributed by atoms with Gasteiger partial charge < -0.3 is 10.1 Å². The van der Waals surface area contributed by atoms with E-state index >= 15 is 0 Å². The molecule has 2 atom stereocenters. The maximum Gasteiger partial charge on any atom is 0.118 e. The maximum atomic E-state index is 5.67. The van der Waals surface area contributed by atoms with E-state index in [0.717, 1.165) is 12.4 Å². The molecule has 1 saturated heterocycles. The van der Waals surface area contributed by atoms with Gasteiger partial charge in [0.05, 0.1) is 0 Å². The van der Waals surface area contributed by atoms with Gasteiger partial charge in [0.1, 0.15) is 5.44 Å². The van der Waals surface area contributed by atoms with Crippen LogP contribution in [0.25, 0.3) is 0 Å². The summed E-state index contributed by atoms with van der Waals surface area (Å²) in [5.74, 6) is 1.14. The zero-order chi connectivity index (χ0) is 8.81. The Bertz CT molecular complexity index is 109. The molecule has 1 rings (SSSR count). The Morgan fingerprint density at radius 3 is 2.92 bits per heavy atom. The SMILES string of the molecule is CCOC(SCC)C1CCCN1. The third-order valence-corrected chi connectivity index (χ3v) is 3.22.